The largest absolute Gasteiger partial charge is 0.460 e. The van der Waals surface area contributed by atoms with E-state index in [2.05, 4.69) is 39.5 Å². The topological polar surface area (TPSA) is 247 Å². The highest BCUT2D eigenvalue weighted by molar-refractivity contribution is 7.85. The molecule has 0 saturated heterocycles. The minimum atomic E-state index is -3.98. The summed E-state index contributed by atoms with van der Waals surface area (Å²) in [4.78, 5) is 42.9. The van der Waals surface area contributed by atoms with Gasteiger partial charge in [-0.2, -0.15) is 0 Å². The van der Waals surface area contributed by atoms with Gasteiger partial charge in [-0.05, 0) is 116 Å². The first-order valence-corrected chi connectivity index (χ1v) is 49.2. The standard InChI is InChI=1S/C50H53O15P3.C48H41O5P3/c1-5-30-58-60-34-38-64-68(55,65-39-35-61-59-31-6-2)48-28-20-43(21-29-48)41-16-24-46(25-17-41)66(53,44-12-10-9-11-13-44)45-22-14-40(15-23-45)42-18-26-47(27-19-42)67(54,62-36-32-56-49(51)7-3)63-37-33-57-50(52)8-4;1-3-54(49,52-36-38-14-8-5-9-15-38)44-28-20-40(21-29-44)42-24-32-47(33-25-42)56(51,46-18-12-7-13-19-46)48-34-26-43(27-35-48)41-22-30-45(31-23-41)55(50,4-2)53-37-39-16-10-6-11-17-39/h5-29H,1-4,30-39H2;3-35H,1-2,36-37H2. The Bertz CT molecular complexity index is 5630. The van der Waals surface area contributed by atoms with Crippen LogP contribution >= 0.6 is 44.2 Å². The van der Waals surface area contributed by atoms with E-state index >= 15 is 9.13 Å². The first-order chi connectivity index (χ1) is 60.2. The lowest BCUT2D eigenvalue weighted by Crippen LogP contribution is -2.25. The molecule has 0 aromatic heterocycles. The van der Waals surface area contributed by atoms with E-state index < -0.39 is 56.2 Å². The molecule has 0 aliphatic carbocycles. The number of ether oxygens (including phenoxy) is 2. The third-order valence-corrected chi connectivity index (χ3v) is 33.4. The van der Waals surface area contributed by atoms with Gasteiger partial charge in [0, 0.05) is 54.6 Å². The van der Waals surface area contributed by atoms with Gasteiger partial charge < -0.3 is 45.7 Å². The maximum Gasteiger partial charge on any atom is 0.361 e. The summed E-state index contributed by atoms with van der Waals surface area (Å²) >= 11 is 0. The monoisotopic (exact) mass is 1780 g/mol. The highest BCUT2D eigenvalue weighted by atomic mass is 31.2. The molecule has 636 valence electrons. The molecule has 20 nitrogen and oxygen atoms in total. The Balaban J connectivity index is 0.000000245. The average Bonchev–Trinajstić information content (AvgIpc) is 0.762. The van der Waals surface area contributed by atoms with Crippen LogP contribution in [0, 0.1) is 0 Å². The zero-order chi connectivity index (χ0) is 87.7. The van der Waals surface area contributed by atoms with Crippen molar-refractivity contribution in [3.05, 3.63) is 402 Å². The first kappa shape index (κ1) is 93.7. The minimum Gasteiger partial charge on any atom is -0.460 e. The van der Waals surface area contributed by atoms with Crippen LogP contribution in [0.2, 0.25) is 0 Å². The average molecular weight is 1780 g/mol. The lowest BCUT2D eigenvalue weighted by molar-refractivity contribution is -0.290. The van der Waals surface area contributed by atoms with Crippen molar-refractivity contribution in [2.24, 2.45) is 0 Å². The van der Waals surface area contributed by atoms with Crippen LogP contribution in [0.3, 0.4) is 0 Å². The number of rotatable bonds is 46. The van der Waals surface area contributed by atoms with Crippen molar-refractivity contribution in [2.75, 3.05) is 66.1 Å². The first-order valence-electron chi connectivity index (χ1n) is 39.3. The second-order valence-electron chi connectivity index (χ2n) is 27.2. The third kappa shape index (κ3) is 24.7. The molecule has 12 rings (SSSR count). The van der Waals surface area contributed by atoms with E-state index in [0.717, 1.165) is 73.1 Å². The van der Waals surface area contributed by atoms with E-state index in [-0.39, 0.29) is 84.6 Å². The lowest BCUT2D eigenvalue weighted by Gasteiger charge is -2.21. The molecule has 0 saturated carbocycles. The summed E-state index contributed by atoms with van der Waals surface area (Å²) in [5.74, 6) is 1.47. The fraction of sp³-hybridized carbons (Fsp3) is 0.122. The smallest absolute Gasteiger partial charge is 0.361 e. The van der Waals surface area contributed by atoms with Gasteiger partial charge in [-0.15, -0.1) is 13.2 Å². The molecular weight excluding hydrogens is 1680 g/mol. The van der Waals surface area contributed by atoms with Crippen LogP contribution in [0.25, 0.3) is 44.5 Å². The van der Waals surface area contributed by atoms with Crippen LogP contribution in [0.4, 0.5) is 0 Å². The van der Waals surface area contributed by atoms with Gasteiger partial charge in [-0.3, -0.25) is 18.3 Å². The van der Waals surface area contributed by atoms with Crippen molar-refractivity contribution in [3.63, 3.8) is 0 Å². The van der Waals surface area contributed by atoms with Crippen molar-refractivity contribution in [3.8, 4) is 44.5 Å². The molecule has 124 heavy (non-hydrogen) atoms. The van der Waals surface area contributed by atoms with Crippen LogP contribution in [0.15, 0.2) is 391 Å². The fourth-order valence-corrected chi connectivity index (χ4v) is 23.8. The second-order valence-corrected chi connectivity index (χ2v) is 41.5. The van der Waals surface area contributed by atoms with Crippen LogP contribution in [0.5, 0.6) is 0 Å². The molecule has 3 atom stereocenters. The Morgan fingerprint density at radius 3 is 0.710 bits per heavy atom. The van der Waals surface area contributed by atoms with E-state index in [0.29, 0.717) is 42.4 Å². The molecule has 26 heteroatoms. The van der Waals surface area contributed by atoms with Gasteiger partial charge in [0.2, 0.25) is 0 Å². The van der Waals surface area contributed by atoms with Crippen LogP contribution in [-0.4, -0.2) is 78.0 Å². The summed E-state index contributed by atoms with van der Waals surface area (Å²) < 4.78 is 130. The molecule has 0 aliphatic rings. The van der Waals surface area contributed by atoms with Crippen molar-refractivity contribution in [1.82, 2.24) is 0 Å². The molecule has 0 amide bonds. The number of hydrogen-bond donors (Lipinski definition) is 0. The molecule has 3 unspecified atom stereocenters. The van der Waals surface area contributed by atoms with Gasteiger partial charge in [0.1, 0.15) is 39.6 Å². The number of esters is 2. The Morgan fingerprint density at radius 1 is 0.242 bits per heavy atom. The van der Waals surface area contributed by atoms with Gasteiger partial charge in [0.05, 0.1) is 50.3 Å². The fourth-order valence-electron chi connectivity index (χ4n) is 12.8. The summed E-state index contributed by atoms with van der Waals surface area (Å²) in [6.07, 6.45) is 5.05. The minimum absolute atomic E-state index is 0.00473. The Kier molecular flexibility index (Phi) is 34.8. The highest BCUT2D eigenvalue weighted by Gasteiger charge is 2.34. The Morgan fingerprint density at radius 2 is 0.468 bits per heavy atom. The molecule has 0 fully saturated rings. The summed E-state index contributed by atoms with van der Waals surface area (Å²) in [7, 11) is -21.0. The van der Waals surface area contributed by atoms with Crippen LogP contribution in [-0.2, 0) is 106 Å². The van der Waals surface area contributed by atoms with Gasteiger partial charge >= 0.3 is 27.1 Å². The van der Waals surface area contributed by atoms with Gasteiger partial charge in [-0.25, -0.2) is 29.1 Å². The third-order valence-electron chi connectivity index (χ3n) is 19.2. The molecule has 0 N–H and O–H groups in total. The molecule has 0 radical (unpaired) electrons. The van der Waals surface area contributed by atoms with Gasteiger partial charge in [0.25, 0.3) is 14.7 Å². The molecule has 0 spiro atoms. The quantitative estimate of drug-likeness (QED) is 0.00654. The number of hydrogen-bond acceptors (Lipinski definition) is 20. The maximum absolute atomic E-state index is 15.4. The lowest BCUT2D eigenvalue weighted by atomic mass is 10.1. The van der Waals surface area contributed by atoms with Crippen molar-refractivity contribution in [2.45, 2.75) is 13.2 Å². The number of carbonyl (C=O) groups excluding carboxylic acids is 2. The van der Waals surface area contributed by atoms with E-state index in [1.54, 1.807) is 48.5 Å². The molecular formula is C98H94O20P6. The maximum atomic E-state index is 15.4. The predicted molar refractivity (Wildman–Crippen MR) is 496 cm³/mol. The molecule has 0 bridgehead atoms. The summed E-state index contributed by atoms with van der Waals surface area (Å²) in [5, 5.41) is 5.70. The van der Waals surface area contributed by atoms with Crippen molar-refractivity contribution >= 4 is 109 Å². The normalized spacial score (nSPS) is 13.3. The van der Waals surface area contributed by atoms with E-state index in [9.17, 15) is 27.8 Å². The summed E-state index contributed by atoms with van der Waals surface area (Å²) in [6.45, 7) is 21.1. The highest BCUT2D eigenvalue weighted by Crippen LogP contribution is 2.52. The molecule has 0 heterocycles. The molecule has 0 aliphatic heterocycles. The van der Waals surface area contributed by atoms with E-state index in [4.69, 9.17) is 56.2 Å². The van der Waals surface area contributed by atoms with Crippen LogP contribution in [0.1, 0.15) is 11.1 Å². The molecule has 12 aromatic rings. The zero-order valence-corrected chi connectivity index (χ0v) is 73.4. The second kappa shape index (κ2) is 46.1. The van der Waals surface area contributed by atoms with Crippen molar-refractivity contribution < 1.29 is 93.1 Å². The SMILES string of the molecule is C=CCOOCCOP(=O)(OCCOOCC=C)c1ccc(-c2ccc(P(=O)(c3ccccc3)c3ccc(-c4ccc(P(=O)(OCCOC(=O)C=C)OCCOC(=O)C=C)cc4)cc3)cc2)cc1.C=CP(=O)(OCc1ccccc1)c1ccc(-c2ccc(P(=O)(c3ccccc3)c3ccc(-c4ccc(P(=O)(C=C)OCc5ccccc5)cc4)cc3)cc2)cc1. The Hall–Kier alpha value is -11.0. The number of benzene rings is 12. The zero-order valence-electron chi connectivity index (χ0n) is 68.1. The van der Waals surface area contributed by atoms with Crippen molar-refractivity contribution in [1.29, 1.82) is 0 Å². The van der Waals surface area contributed by atoms with Gasteiger partial charge in [-0.1, -0.05) is 305 Å². The predicted octanol–water partition coefficient (Wildman–Crippen LogP) is 19.3. The summed E-state index contributed by atoms with van der Waals surface area (Å²) in [6, 6.07) is 97.1. The van der Waals surface area contributed by atoms with E-state index in [1.807, 2.05) is 267 Å². The van der Waals surface area contributed by atoms with Crippen LogP contribution < -0.4 is 53.0 Å². The summed E-state index contributed by atoms with van der Waals surface area (Å²) in [5.41, 5.74) is 8.77. The number of carbonyl (C=O) groups is 2. The van der Waals surface area contributed by atoms with E-state index in [1.165, 1.54) is 23.8 Å². The molecule has 12 aromatic carbocycles. The Labute approximate surface area is 723 Å². The van der Waals surface area contributed by atoms with Gasteiger partial charge in [0.15, 0.2) is 14.3 Å².